The number of benzene rings is 1. The summed E-state index contributed by atoms with van der Waals surface area (Å²) in [5, 5.41) is 0.298. The summed E-state index contributed by atoms with van der Waals surface area (Å²) in [4.78, 5) is 39.6. The summed E-state index contributed by atoms with van der Waals surface area (Å²) >= 11 is 6.21. The van der Waals surface area contributed by atoms with Crippen LogP contribution in [0.15, 0.2) is 18.2 Å². The van der Waals surface area contributed by atoms with Gasteiger partial charge in [0.15, 0.2) is 0 Å². The van der Waals surface area contributed by atoms with E-state index in [0.29, 0.717) is 23.8 Å². The second kappa shape index (κ2) is 8.85. The van der Waals surface area contributed by atoms with E-state index in [9.17, 15) is 14.4 Å². The number of likely N-dealkylation sites (tertiary alicyclic amines) is 1. The van der Waals surface area contributed by atoms with Gasteiger partial charge in [0.2, 0.25) is 11.8 Å². The van der Waals surface area contributed by atoms with Gasteiger partial charge in [0.1, 0.15) is 6.54 Å². The molecule has 0 bridgehead atoms. The predicted octanol–water partition coefficient (Wildman–Crippen LogP) is 2.88. The molecule has 2 amide bonds. The van der Waals surface area contributed by atoms with Crippen LogP contribution < -0.4 is 4.90 Å². The van der Waals surface area contributed by atoms with Crippen LogP contribution in [0.2, 0.25) is 5.02 Å². The molecule has 6 nitrogen and oxygen atoms in total. The minimum absolute atomic E-state index is 0.0975. The van der Waals surface area contributed by atoms with E-state index >= 15 is 0 Å². The molecule has 1 aliphatic heterocycles. The van der Waals surface area contributed by atoms with Gasteiger partial charge in [0.05, 0.1) is 23.4 Å². The SMILES string of the molecule is COC(=O)c1ccc(Cl)c(N(CC(=O)N2CCCCCC2)C(C)=O)c1. The van der Waals surface area contributed by atoms with Crippen LogP contribution in [0.3, 0.4) is 0 Å². The van der Waals surface area contributed by atoms with Crippen LogP contribution in [0.25, 0.3) is 0 Å². The van der Waals surface area contributed by atoms with E-state index in [4.69, 9.17) is 16.3 Å². The summed E-state index contributed by atoms with van der Waals surface area (Å²) in [6.45, 7) is 2.69. The van der Waals surface area contributed by atoms with Crippen molar-refractivity contribution >= 4 is 35.1 Å². The molecule has 0 radical (unpaired) electrons. The molecule has 1 fully saturated rings. The number of amides is 2. The number of methoxy groups -OCH3 is 1. The molecule has 0 spiro atoms. The first-order valence-corrected chi connectivity index (χ1v) is 8.75. The van der Waals surface area contributed by atoms with Gasteiger partial charge in [-0.05, 0) is 31.0 Å². The number of carbonyl (C=O) groups excluding carboxylic acids is 3. The highest BCUT2D eigenvalue weighted by atomic mass is 35.5. The van der Waals surface area contributed by atoms with Gasteiger partial charge in [0, 0.05) is 20.0 Å². The molecule has 0 unspecified atom stereocenters. The Hall–Kier alpha value is -2.08. The summed E-state index contributed by atoms with van der Waals surface area (Å²) in [6.07, 6.45) is 4.19. The molecule has 0 aliphatic carbocycles. The molecule has 0 aromatic heterocycles. The lowest BCUT2D eigenvalue weighted by atomic mass is 10.2. The number of halogens is 1. The van der Waals surface area contributed by atoms with E-state index in [1.807, 2.05) is 0 Å². The number of hydrogen-bond donors (Lipinski definition) is 0. The molecule has 0 atom stereocenters. The Morgan fingerprint density at radius 1 is 1.16 bits per heavy atom. The van der Waals surface area contributed by atoms with E-state index in [-0.39, 0.29) is 23.9 Å². The smallest absolute Gasteiger partial charge is 0.337 e. The quantitative estimate of drug-likeness (QED) is 0.768. The van der Waals surface area contributed by atoms with Gasteiger partial charge in [-0.25, -0.2) is 4.79 Å². The number of esters is 1. The Bertz CT molecular complexity index is 654. The molecule has 25 heavy (non-hydrogen) atoms. The van der Waals surface area contributed by atoms with Crippen molar-refractivity contribution in [3.8, 4) is 0 Å². The lowest BCUT2D eigenvalue weighted by Crippen LogP contribution is -2.42. The fraction of sp³-hybridized carbons (Fsp3) is 0.500. The summed E-state index contributed by atoms with van der Waals surface area (Å²) in [7, 11) is 1.28. The number of rotatable bonds is 4. The van der Waals surface area contributed by atoms with Crippen LogP contribution in [0.1, 0.15) is 43.0 Å². The Balaban J connectivity index is 2.24. The number of carbonyl (C=O) groups is 3. The fourth-order valence-corrected chi connectivity index (χ4v) is 3.11. The predicted molar refractivity (Wildman–Crippen MR) is 95.9 cm³/mol. The zero-order chi connectivity index (χ0) is 18.4. The number of nitrogens with zero attached hydrogens (tertiary/aromatic N) is 2. The molecule has 0 N–H and O–H groups in total. The fourth-order valence-electron chi connectivity index (χ4n) is 2.89. The third-order valence-electron chi connectivity index (χ3n) is 4.29. The van der Waals surface area contributed by atoms with Crippen LogP contribution >= 0.6 is 11.6 Å². The van der Waals surface area contributed by atoms with Crippen molar-refractivity contribution in [1.82, 2.24) is 4.90 Å². The monoisotopic (exact) mass is 366 g/mol. The zero-order valence-electron chi connectivity index (χ0n) is 14.6. The molecular weight excluding hydrogens is 344 g/mol. The lowest BCUT2D eigenvalue weighted by Gasteiger charge is -2.27. The average Bonchev–Trinajstić information content (AvgIpc) is 2.88. The topological polar surface area (TPSA) is 66.9 Å². The second-order valence-corrected chi connectivity index (χ2v) is 6.47. The highest BCUT2D eigenvalue weighted by molar-refractivity contribution is 6.34. The molecule has 1 aromatic carbocycles. The standard InChI is InChI=1S/C18H23ClN2O4/c1-13(22)21(12-17(23)20-9-5-3-4-6-10-20)16-11-14(18(24)25-2)7-8-15(16)19/h7-8,11H,3-6,9-10,12H2,1-2H3. The van der Waals surface area contributed by atoms with Gasteiger partial charge in [-0.15, -0.1) is 0 Å². The molecule has 1 aromatic rings. The molecule has 136 valence electrons. The molecule has 1 saturated heterocycles. The maximum Gasteiger partial charge on any atom is 0.337 e. The third kappa shape index (κ3) is 4.95. The number of anilines is 1. The van der Waals surface area contributed by atoms with Crippen molar-refractivity contribution in [2.75, 3.05) is 31.6 Å². The highest BCUT2D eigenvalue weighted by Gasteiger charge is 2.23. The normalized spacial score (nSPS) is 14.6. The molecule has 0 saturated carbocycles. The molecule has 2 rings (SSSR count). The van der Waals surface area contributed by atoms with E-state index in [2.05, 4.69) is 0 Å². The van der Waals surface area contributed by atoms with Crippen LogP contribution in [-0.2, 0) is 14.3 Å². The summed E-state index contributed by atoms with van der Waals surface area (Å²) < 4.78 is 4.70. The second-order valence-electron chi connectivity index (χ2n) is 6.06. The van der Waals surface area contributed by atoms with Crippen LogP contribution in [0.5, 0.6) is 0 Å². The van der Waals surface area contributed by atoms with Crippen molar-refractivity contribution in [3.05, 3.63) is 28.8 Å². The van der Waals surface area contributed by atoms with E-state index in [0.717, 1.165) is 25.7 Å². The Kier molecular flexibility index (Phi) is 6.82. The third-order valence-corrected chi connectivity index (χ3v) is 4.61. The first-order valence-electron chi connectivity index (χ1n) is 8.37. The minimum Gasteiger partial charge on any atom is -0.465 e. The first kappa shape index (κ1) is 19.2. The van der Waals surface area contributed by atoms with Crippen molar-refractivity contribution in [2.24, 2.45) is 0 Å². The van der Waals surface area contributed by atoms with Crippen molar-refractivity contribution in [1.29, 1.82) is 0 Å². The number of ether oxygens (including phenoxy) is 1. The maximum atomic E-state index is 12.6. The molecular formula is C18H23ClN2O4. The van der Waals surface area contributed by atoms with Crippen molar-refractivity contribution in [2.45, 2.75) is 32.6 Å². The van der Waals surface area contributed by atoms with Gasteiger partial charge in [-0.2, -0.15) is 0 Å². The van der Waals surface area contributed by atoms with Gasteiger partial charge >= 0.3 is 5.97 Å². The minimum atomic E-state index is -0.528. The van der Waals surface area contributed by atoms with E-state index in [1.165, 1.54) is 37.1 Å². The summed E-state index contributed by atoms with van der Waals surface area (Å²) in [5.74, 6) is -0.955. The Labute approximate surface area is 152 Å². The lowest BCUT2D eigenvalue weighted by molar-refractivity contribution is -0.131. The first-order chi connectivity index (χ1) is 11.9. The number of hydrogen-bond acceptors (Lipinski definition) is 4. The zero-order valence-corrected chi connectivity index (χ0v) is 15.3. The van der Waals surface area contributed by atoms with Gasteiger partial charge in [-0.3, -0.25) is 9.59 Å². The molecule has 1 heterocycles. The van der Waals surface area contributed by atoms with Crippen molar-refractivity contribution in [3.63, 3.8) is 0 Å². The maximum absolute atomic E-state index is 12.6. The Morgan fingerprint density at radius 3 is 2.36 bits per heavy atom. The van der Waals surface area contributed by atoms with Crippen molar-refractivity contribution < 1.29 is 19.1 Å². The van der Waals surface area contributed by atoms with Gasteiger partial charge in [-0.1, -0.05) is 24.4 Å². The van der Waals surface area contributed by atoms with Crippen LogP contribution in [0, 0.1) is 0 Å². The Morgan fingerprint density at radius 2 is 1.80 bits per heavy atom. The van der Waals surface area contributed by atoms with Gasteiger partial charge in [0.25, 0.3) is 0 Å². The molecule has 1 aliphatic rings. The van der Waals surface area contributed by atoms with E-state index in [1.54, 1.807) is 4.90 Å². The van der Waals surface area contributed by atoms with E-state index < -0.39 is 5.97 Å². The highest BCUT2D eigenvalue weighted by Crippen LogP contribution is 2.28. The van der Waals surface area contributed by atoms with Crippen LogP contribution in [-0.4, -0.2) is 49.4 Å². The molecule has 7 heteroatoms. The largest absolute Gasteiger partial charge is 0.465 e. The van der Waals surface area contributed by atoms with Crippen LogP contribution in [0.4, 0.5) is 5.69 Å². The summed E-state index contributed by atoms with van der Waals surface area (Å²) in [6, 6.07) is 4.52. The average molecular weight is 367 g/mol. The van der Waals surface area contributed by atoms with Gasteiger partial charge < -0.3 is 14.5 Å². The summed E-state index contributed by atoms with van der Waals surface area (Å²) in [5.41, 5.74) is 0.607.